The lowest BCUT2D eigenvalue weighted by atomic mass is 10.4. The van der Waals surface area contributed by atoms with Gasteiger partial charge in [-0.1, -0.05) is 11.6 Å². The first-order valence-electron chi connectivity index (χ1n) is 2.76. The maximum absolute atomic E-state index is 5.26. The fraction of sp³-hybridized carbons (Fsp3) is 1.00. The third-order valence-corrected chi connectivity index (χ3v) is 1.23. The van der Waals surface area contributed by atoms with Gasteiger partial charge in [0, 0.05) is 0 Å². The molecule has 0 N–H and O–H groups in total. The van der Waals surface area contributed by atoms with E-state index in [1.165, 1.54) is 0 Å². The molecule has 1 rings (SSSR count). The monoisotopic (exact) mass is 152 g/mol. The number of rotatable bonds is 3. The normalized spacial score (nSPS) is 27.0. The lowest BCUT2D eigenvalue weighted by Gasteiger charge is -2.04. The van der Waals surface area contributed by atoms with Crippen molar-refractivity contribution in [2.24, 2.45) is 0 Å². The van der Waals surface area contributed by atoms with Crippen LogP contribution in [-0.2, 0) is 14.2 Å². The van der Waals surface area contributed by atoms with Gasteiger partial charge in [-0.05, 0) is 0 Å². The third kappa shape index (κ3) is 2.49. The van der Waals surface area contributed by atoms with E-state index in [4.69, 9.17) is 25.8 Å². The Kier molecular flexibility index (Phi) is 3.28. The van der Waals surface area contributed by atoms with Gasteiger partial charge in [0.2, 0.25) is 0 Å². The van der Waals surface area contributed by atoms with Crippen LogP contribution in [0.3, 0.4) is 0 Å². The highest BCUT2D eigenvalue weighted by Crippen LogP contribution is 2.02. The van der Waals surface area contributed by atoms with E-state index in [-0.39, 0.29) is 12.2 Å². The number of ether oxygens (including phenoxy) is 3. The van der Waals surface area contributed by atoms with E-state index in [1.54, 1.807) is 0 Å². The van der Waals surface area contributed by atoms with Gasteiger partial charge in [-0.25, -0.2) is 0 Å². The fourth-order valence-electron chi connectivity index (χ4n) is 0.644. The Hall–Kier alpha value is 0.170. The first-order valence-corrected chi connectivity index (χ1v) is 3.30. The molecule has 0 aromatic heterocycles. The Balaban J connectivity index is 1.98. The summed E-state index contributed by atoms with van der Waals surface area (Å²) in [7, 11) is 0. The van der Waals surface area contributed by atoms with Crippen molar-refractivity contribution in [2.75, 3.05) is 26.1 Å². The summed E-state index contributed by atoms with van der Waals surface area (Å²) in [6.45, 7) is 1.54. The Morgan fingerprint density at radius 3 is 3.11 bits per heavy atom. The average Bonchev–Trinajstić information content (AvgIpc) is 2.34. The van der Waals surface area contributed by atoms with Crippen LogP contribution < -0.4 is 0 Å². The van der Waals surface area contributed by atoms with Crippen LogP contribution in [0.25, 0.3) is 0 Å². The maximum Gasteiger partial charge on any atom is 0.147 e. The Bertz CT molecular complexity index is 72.6. The summed E-state index contributed by atoms with van der Waals surface area (Å²) in [5.74, 6) is 0. The quantitative estimate of drug-likeness (QED) is 0.554. The van der Waals surface area contributed by atoms with Crippen molar-refractivity contribution in [1.82, 2.24) is 0 Å². The molecule has 0 spiro atoms. The Labute approximate surface area is 58.8 Å². The van der Waals surface area contributed by atoms with Gasteiger partial charge in [0.25, 0.3) is 0 Å². The van der Waals surface area contributed by atoms with Crippen molar-refractivity contribution in [1.29, 1.82) is 0 Å². The highest BCUT2D eigenvalue weighted by Gasteiger charge is 2.15. The van der Waals surface area contributed by atoms with Crippen LogP contribution in [0.5, 0.6) is 0 Å². The molecule has 54 valence electrons. The van der Waals surface area contributed by atoms with Gasteiger partial charge < -0.3 is 14.2 Å². The molecule has 1 aliphatic heterocycles. The smallest absolute Gasteiger partial charge is 0.147 e. The predicted molar refractivity (Wildman–Crippen MR) is 32.4 cm³/mol. The zero-order valence-corrected chi connectivity index (χ0v) is 5.76. The molecule has 4 heteroatoms. The Morgan fingerprint density at radius 2 is 2.56 bits per heavy atom. The summed E-state index contributed by atoms with van der Waals surface area (Å²) in [4.78, 5) is 0. The summed E-state index contributed by atoms with van der Waals surface area (Å²) < 4.78 is 14.8. The summed E-state index contributed by atoms with van der Waals surface area (Å²) in [6.07, 6.45) is 0.0868. The molecule has 3 nitrogen and oxygen atoms in total. The minimum absolute atomic E-state index is 0.0868. The lowest BCUT2D eigenvalue weighted by molar-refractivity contribution is 0.0143. The first-order chi connectivity index (χ1) is 4.43. The second-order valence-electron chi connectivity index (χ2n) is 1.76. The minimum atomic E-state index is 0.0868. The van der Waals surface area contributed by atoms with Crippen molar-refractivity contribution >= 4 is 11.6 Å². The lowest BCUT2D eigenvalue weighted by Crippen LogP contribution is -2.16. The fourth-order valence-corrected chi connectivity index (χ4v) is 0.733. The van der Waals surface area contributed by atoms with E-state index >= 15 is 0 Å². The molecule has 1 unspecified atom stereocenters. The largest absolute Gasteiger partial charge is 0.363 e. The van der Waals surface area contributed by atoms with Crippen molar-refractivity contribution in [3.05, 3.63) is 0 Å². The zero-order valence-electron chi connectivity index (χ0n) is 5.01. The summed E-state index contributed by atoms with van der Waals surface area (Å²) in [5, 5.41) is 0. The molecule has 1 fully saturated rings. The molecular weight excluding hydrogens is 144 g/mol. The van der Waals surface area contributed by atoms with Crippen LogP contribution >= 0.6 is 11.6 Å². The number of hydrogen-bond acceptors (Lipinski definition) is 3. The number of alkyl halides is 1. The molecule has 1 saturated heterocycles. The Morgan fingerprint density at radius 1 is 1.67 bits per heavy atom. The van der Waals surface area contributed by atoms with Gasteiger partial charge in [-0.15, -0.1) is 0 Å². The predicted octanol–water partition coefficient (Wildman–Crippen LogP) is 0.572. The van der Waals surface area contributed by atoms with Gasteiger partial charge in [0.05, 0.1) is 13.2 Å². The second kappa shape index (κ2) is 4.06. The highest BCUT2D eigenvalue weighted by atomic mass is 35.5. The minimum Gasteiger partial charge on any atom is -0.363 e. The molecule has 0 bridgehead atoms. The van der Waals surface area contributed by atoms with E-state index in [0.717, 1.165) is 0 Å². The summed E-state index contributed by atoms with van der Waals surface area (Å²) in [5.41, 5.74) is 0. The van der Waals surface area contributed by atoms with Crippen LogP contribution in [0.4, 0.5) is 0 Å². The average molecular weight is 153 g/mol. The molecule has 0 radical (unpaired) electrons. The van der Waals surface area contributed by atoms with Crippen molar-refractivity contribution < 1.29 is 14.2 Å². The van der Waals surface area contributed by atoms with Gasteiger partial charge in [-0.3, -0.25) is 0 Å². The molecule has 0 aromatic carbocycles. The molecule has 0 aromatic rings. The zero-order chi connectivity index (χ0) is 6.53. The van der Waals surface area contributed by atoms with E-state index in [1.807, 2.05) is 0 Å². The molecule has 9 heavy (non-hydrogen) atoms. The van der Waals surface area contributed by atoms with Crippen LogP contribution in [0.2, 0.25) is 0 Å². The SMILES string of the molecule is ClCOCC1COCO1. The maximum atomic E-state index is 5.26. The molecule has 0 saturated carbocycles. The van der Waals surface area contributed by atoms with Gasteiger partial charge in [-0.2, -0.15) is 0 Å². The molecule has 1 atom stereocenters. The molecular formula is C5H9ClO3. The summed E-state index contributed by atoms with van der Waals surface area (Å²) in [6, 6.07) is 0.222. The molecule has 1 aliphatic rings. The molecule has 0 aliphatic carbocycles. The van der Waals surface area contributed by atoms with E-state index < -0.39 is 0 Å². The standard InChI is InChI=1S/C5H9ClO3/c6-3-7-1-5-2-8-4-9-5/h5H,1-4H2. The highest BCUT2D eigenvalue weighted by molar-refractivity contribution is 6.17. The second-order valence-corrected chi connectivity index (χ2v) is 1.98. The number of hydrogen-bond donors (Lipinski definition) is 0. The molecule has 0 amide bonds. The van der Waals surface area contributed by atoms with Crippen LogP contribution in [0.15, 0.2) is 0 Å². The van der Waals surface area contributed by atoms with Crippen molar-refractivity contribution in [3.8, 4) is 0 Å². The van der Waals surface area contributed by atoms with E-state index in [2.05, 4.69) is 0 Å². The van der Waals surface area contributed by atoms with Crippen molar-refractivity contribution in [2.45, 2.75) is 6.10 Å². The third-order valence-electron chi connectivity index (χ3n) is 1.07. The summed E-state index contributed by atoms with van der Waals surface area (Å²) >= 11 is 5.26. The van der Waals surface area contributed by atoms with Crippen LogP contribution in [-0.4, -0.2) is 32.2 Å². The van der Waals surface area contributed by atoms with Crippen LogP contribution in [0, 0.1) is 0 Å². The van der Waals surface area contributed by atoms with Gasteiger partial charge in [0.15, 0.2) is 0 Å². The van der Waals surface area contributed by atoms with E-state index in [9.17, 15) is 0 Å². The van der Waals surface area contributed by atoms with E-state index in [0.29, 0.717) is 20.0 Å². The molecule has 1 heterocycles. The van der Waals surface area contributed by atoms with Gasteiger partial charge in [0.1, 0.15) is 19.0 Å². The first kappa shape index (κ1) is 7.28. The van der Waals surface area contributed by atoms with Gasteiger partial charge >= 0.3 is 0 Å². The van der Waals surface area contributed by atoms with Crippen LogP contribution in [0.1, 0.15) is 0 Å². The topological polar surface area (TPSA) is 27.7 Å². The number of halogens is 1. The van der Waals surface area contributed by atoms with Crippen molar-refractivity contribution in [3.63, 3.8) is 0 Å².